The molecule has 2 rings (SSSR count). The lowest BCUT2D eigenvalue weighted by atomic mass is 9.78. The number of nitrogens with one attached hydrogen (secondary N) is 2. The molecular weight excluding hydrogens is 220 g/mol. The lowest BCUT2D eigenvalue weighted by molar-refractivity contribution is 0.220. The highest BCUT2D eigenvalue weighted by atomic mass is 15.0. The Morgan fingerprint density at radius 3 is 2.56 bits per heavy atom. The lowest BCUT2D eigenvalue weighted by Crippen LogP contribution is -2.42. The van der Waals surface area contributed by atoms with Gasteiger partial charge in [0.2, 0.25) is 0 Å². The summed E-state index contributed by atoms with van der Waals surface area (Å²) in [5.41, 5.74) is 0.621. The van der Waals surface area contributed by atoms with Gasteiger partial charge in [0.05, 0.1) is 0 Å². The van der Waals surface area contributed by atoms with Crippen LogP contribution in [0, 0.1) is 17.3 Å². The van der Waals surface area contributed by atoms with Crippen LogP contribution < -0.4 is 10.6 Å². The summed E-state index contributed by atoms with van der Waals surface area (Å²) in [6.45, 7) is 10.8. The maximum absolute atomic E-state index is 3.78. The third-order valence-electron chi connectivity index (χ3n) is 5.06. The van der Waals surface area contributed by atoms with Gasteiger partial charge in [0.25, 0.3) is 0 Å². The highest BCUT2D eigenvalue weighted by molar-refractivity contribution is 4.89. The monoisotopic (exact) mass is 252 g/mol. The molecule has 1 heterocycles. The van der Waals surface area contributed by atoms with Crippen LogP contribution in [0.1, 0.15) is 59.3 Å². The summed E-state index contributed by atoms with van der Waals surface area (Å²) in [5.74, 6) is 1.69. The maximum atomic E-state index is 3.78. The third-order valence-corrected chi connectivity index (χ3v) is 5.06. The van der Waals surface area contributed by atoms with E-state index in [4.69, 9.17) is 0 Å². The van der Waals surface area contributed by atoms with Crippen molar-refractivity contribution < 1.29 is 0 Å². The zero-order chi connectivity index (χ0) is 13.0. The van der Waals surface area contributed by atoms with Gasteiger partial charge in [-0.15, -0.1) is 0 Å². The summed E-state index contributed by atoms with van der Waals surface area (Å²) in [7, 11) is 0. The molecule has 0 aromatic carbocycles. The highest BCUT2D eigenvalue weighted by Gasteiger charge is 2.34. The van der Waals surface area contributed by atoms with Crippen molar-refractivity contribution in [2.75, 3.05) is 19.6 Å². The van der Waals surface area contributed by atoms with Gasteiger partial charge in [0, 0.05) is 19.1 Å². The molecule has 18 heavy (non-hydrogen) atoms. The average molecular weight is 252 g/mol. The first-order chi connectivity index (χ1) is 8.61. The standard InChI is InChI=1S/C16H32N2/c1-13(2)10-16(7-4-5-8-16)12-17-11-15-14(3)6-9-18-15/h13-15,17-18H,4-12H2,1-3H3. The van der Waals surface area contributed by atoms with Gasteiger partial charge in [-0.05, 0) is 49.5 Å². The molecule has 0 spiro atoms. The molecule has 2 aliphatic rings. The summed E-state index contributed by atoms with van der Waals surface area (Å²) in [4.78, 5) is 0. The first kappa shape index (κ1) is 14.3. The second kappa shape index (κ2) is 6.38. The first-order valence-electron chi connectivity index (χ1n) is 8.05. The predicted octanol–water partition coefficient (Wildman–Crippen LogP) is 3.18. The van der Waals surface area contributed by atoms with Crippen molar-refractivity contribution in [1.29, 1.82) is 0 Å². The minimum absolute atomic E-state index is 0.621. The van der Waals surface area contributed by atoms with E-state index in [0.717, 1.165) is 11.8 Å². The Morgan fingerprint density at radius 2 is 2.00 bits per heavy atom. The molecule has 2 heteroatoms. The fourth-order valence-corrected chi connectivity index (χ4v) is 4.11. The summed E-state index contributed by atoms with van der Waals surface area (Å²) >= 11 is 0. The molecule has 1 aliphatic heterocycles. The molecule has 2 fully saturated rings. The topological polar surface area (TPSA) is 24.1 Å². The SMILES string of the molecule is CC(C)CC1(CNCC2NCCC2C)CCCC1. The third kappa shape index (κ3) is 3.71. The van der Waals surface area contributed by atoms with Crippen molar-refractivity contribution in [2.24, 2.45) is 17.3 Å². The molecule has 0 aromatic heterocycles. The zero-order valence-corrected chi connectivity index (χ0v) is 12.6. The van der Waals surface area contributed by atoms with Crippen molar-refractivity contribution in [3.8, 4) is 0 Å². The van der Waals surface area contributed by atoms with E-state index in [2.05, 4.69) is 31.4 Å². The molecule has 2 N–H and O–H groups in total. The van der Waals surface area contributed by atoms with Gasteiger partial charge in [-0.1, -0.05) is 33.6 Å². The summed E-state index contributed by atoms with van der Waals surface area (Å²) in [6, 6.07) is 0.711. The van der Waals surface area contributed by atoms with Crippen LogP contribution in [0.2, 0.25) is 0 Å². The van der Waals surface area contributed by atoms with E-state index >= 15 is 0 Å². The van der Waals surface area contributed by atoms with Crippen molar-refractivity contribution >= 4 is 0 Å². The van der Waals surface area contributed by atoms with Crippen LogP contribution in [0.3, 0.4) is 0 Å². The highest BCUT2D eigenvalue weighted by Crippen LogP contribution is 2.42. The molecule has 1 aliphatic carbocycles. The molecule has 2 atom stereocenters. The Bertz CT molecular complexity index is 243. The van der Waals surface area contributed by atoms with Crippen molar-refractivity contribution in [3.63, 3.8) is 0 Å². The Balaban J connectivity index is 1.75. The van der Waals surface area contributed by atoms with Crippen molar-refractivity contribution in [1.82, 2.24) is 10.6 Å². The fourth-order valence-electron chi connectivity index (χ4n) is 4.11. The maximum Gasteiger partial charge on any atom is 0.0218 e. The zero-order valence-electron chi connectivity index (χ0n) is 12.6. The Hall–Kier alpha value is -0.0800. The number of hydrogen-bond donors (Lipinski definition) is 2. The van der Waals surface area contributed by atoms with Gasteiger partial charge < -0.3 is 10.6 Å². The largest absolute Gasteiger partial charge is 0.315 e. The van der Waals surface area contributed by atoms with E-state index < -0.39 is 0 Å². The van der Waals surface area contributed by atoms with E-state index in [1.54, 1.807) is 0 Å². The Labute approximate surface area is 113 Å². The van der Waals surface area contributed by atoms with E-state index in [-0.39, 0.29) is 0 Å². The van der Waals surface area contributed by atoms with Gasteiger partial charge >= 0.3 is 0 Å². The van der Waals surface area contributed by atoms with Crippen LogP contribution in [0.5, 0.6) is 0 Å². The molecule has 0 bridgehead atoms. The molecule has 0 amide bonds. The molecule has 1 saturated carbocycles. The van der Waals surface area contributed by atoms with Gasteiger partial charge in [0.1, 0.15) is 0 Å². The molecule has 1 saturated heterocycles. The van der Waals surface area contributed by atoms with E-state index in [9.17, 15) is 0 Å². The van der Waals surface area contributed by atoms with Crippen LogP contribution >= 0.6 is 0 Å². The summed E-state index contributed by atoms with van der Waals surface area (Å²) in [5, 5.41) is 7.41. The van der Waals surface area contributed by atoms with E-state index in [1.807, 2.05) is 0 Å². The van der Waals surface area contributed by atoms with Crippen molar-refractivity contribution in [2.45, 2.75) is 65.3 Å². The Morgan fingerprint density at radius 1 is 1.28 bits per heavy atom. The first-order valence-corrected chi connectivity index (χ1v) is 8.05. The minimum atomic E-state index is 0.621. The van der Waals surface area contributed by atoms with Crippen LogP contribution in [-0.4, -0.2) is 25.7 Å². The Kier molecular flexibility index (Phi) is 5.08. The summed E-state index contributed by atoms with van der Waals surface area (Å²) < 4.78 is 0. The smallest absolute Gasteiger partial charge is 0.0218 e. The molecule has 2 unspecified atom stereocenters. The average Bonchev–Trinajstić information content (AvgIpc) is 2.89. The minimum Gasteiger partial charge on any atom is -0.315 e. The van der Waals surface area contributed by atoms with Crippen LogP contribution in [0.4, 0.5) is 0 Å². The van der Waals surface area contributed by atoms with E-state index in [1.165, 1.54) is 58.2 Å². The van der Waals surface area contributed by atoms with Gasteiger partial charge in [-0.2, -0.15) is 0 Å². The second-order valence-electron chi connectivity index (χ2n) is 7.26. The molecule has 106 valence electrons. The van der Waals surface area contributed by atoms with Crippen molar-refractivity contribution in [3.05, 3.63) is 0 Å². The van der Waals surface area contributed by atoms with Crippen LogP contribution in [-0.2, 0) is 0 Å². The van der Waals surface area contributed by atoms with Crippen LogP contribution in [0.25, 0.3) is 0 Å². The quantitative estimate of drug-likeness (QED) is 0.758. The van der Waals surface area contributed by atoms with E-state index in [0.29, 0.717) is 11.5 Å². The molecule has 0 radical (unpaired) electrons. The number of hydrogen-bond acceptors (Lipinski definition) is 2. The summed E-state index contributed by atoms with van der Waals surface area (Å²) in [6.07, 6.45) is 8.56. The number of rotatable bonds is 6. The van der Waals surface area contributed by atoms with Gasteiger partial charge in [0.15, 0.2) is 0 Å². The van der Waals surface area contributed by atoms with Gasteiger partial charge in [-0.3, -0.25) is 0 Å². The molecule has 2 nitrogen and oxygen atoms in total. The second-order valence-corrected chi connectivity index (χ2v) is 7.26. The molecular formula is C16H32N2. The normalized spacial score (nSPS) is 31.3. The van der Waals surface area contributed by atoms with Gasteiger partial charge in [-0.25, -0.2) is 0 Å². The van der Waals surface area contributed by atoms with Crippen LogP contribution in [0.15, 0.2) is 0 Å². The predicted molar refractivity (Wildman–Crippen MR) is 78.8 cm³/mol. The fraction of sp³-hybridized carbons (Fsp3) is 1.00. The molecule has 0 aromatic rings. The lowest BCUT2D eigenvalue weighted by Gasteiger charge is -2.32.